The molecule has 186 valence electrons. The Kier molecular flexibility index (Phi) is 6.65. The van der Waals surface area contributed by atoms with Gasteiger partial charge >= 0.3 is 0 Å². The van der Waals surface area contributed by atoms with Crippen molar-refractivity contribution in [2.24, 2.45) is 39.3 Å². The number of hydrogen-bond acceptors (Lipinski definition) is 7. The molecule has 4 rings (SSSR count). The SMILES string of the molecule is CN=C(N)[NH+]1CC[C@H](CNCCO)[C@@]2(C1)[C@@H]1CC[C@@H](C)[C@]23C[C@](O)(COC)C(C(=O)[O-])=C3C1. The second-order valence-electron chi connectivity index (χ2n) is 10.7. The molecule has 0 amide bonds. The molecule has 1 unspecified atom stereocenters. The van der Waals surface area contributed by atoms with Crippen LogP contribution in [0, 0.1) is 28.6 Å². The number of aliphatic imine (C=N–C) groups is 1. The minimum atomic E-state index is -1.56. The van der Waals surface area contributed by atoms with Crippen molar-refractivity contribution in [1.29, 1.82) is 0 Å². The van der Waals surface area contributed by atoms with E-state index in [0.717, 1.165) is 49.4 Å². The van der Waals surface area contributed by atoms with Crippen LogP contribution in [0.4, 0.5) is 0 Å². The van der Waals surface area contributed by atoms with Crippen LogP contribution in [0.3, 0.4) is 0 Å². The molecular formula is C24H40N4O5. The summed E-state index contributed by atoms with van der Waals surface area (Å²) in [5, 5.41) is 36.9. The summed E-state index contributed by atoms with van der Waals surface area (Å²) in [7, 11) is 3.21. The Balaban J connectivity index is 1.90. The van der Waals surface area contributed by atoms with Crippen molar-refractivity contribution in [2.75, 3.05) is 53.6 Å². The molecule has 7 atom stereocenters. The maximum atomic E-state index is 12.4. The first kappa shape index (κ1) is 24.6. The lowest BCUT2D eigenvalue weighted by molar-refractivity contribution is -0.828. The van der Waals surface area contributed by atoms with E-state index in [1.165, 1.54) is 7.11 Å². The number of guanidine groups is 1. The van der Waals surface area contributed by atoms with E-state index in [-0.39, 0.29) is 36.0 Å². The molecule has 33 heavy (non-hydrogen) atoms. The van der Waals surface area contributed by atoms with Crippen LogP contribution in [0.15, 0.2) is 16.1 Å². The Labute approximate surface area is 196 Å². The fraction of sp³-hybridized carbons (Fsp3) is 0.833. The van der Waals surface area contributed by atoms with Crippen molar-refractivity contribution in [2.45, 2.75) is 44.6 Å². The number of rotatable bonds is 7. The minimum Gasteiger partial charge on any atom is -0.545 e. The average molecular weight is 465 g/mol. The molecule has 9 heteroatoms. The Hall–Kier alpha value is -1.52. The first-order chi connectivity index (χ1) is 15.7. The fourth-order valence-electron chi connectivity index (χ4n) is 8.55. The summed E-state index contributed by atoms with van der Waals surface area (Å²) >= 11 is 0. The van der Waals surface area contributed by atoms with Crippen molar-refractivity contribution >= 4 is 11.9 Å². The lowest BCUT2D eigenvalue weighted by atomic mass is 9.45. The Morgan fingerprint density at radius 2 is 2.15 bits per heavy atom. The van der Waals surface area contributed by atoms with E-state index in [2.05, 4.69) is 17.2 Å². The number of aliphatic carboxylic acids is 1. The molecule has 0 aromatic rings. The number of carboxylic acids is 1. The summed E-state index contributed by atoms with van der Waals surface area (Å²) in [4.78, 5) is 17.9. The van der Waals surface area contributed by atoms with E-state index in [0.29, 0.717) is 31.3 Å². The molecule has 1 saturated heterocycles. The van der Waals surface area contributed by atoms with Crippen LogP contribution in [-0.2, 0) is 9.53 Å². The van der Waals surface area contributed by atoms with Gasteiger partial charge in [-0.1, -0.05) is 12.5 Å². The van der Waals surface area contributed by atoms with E-state index < -0.39 is 17.0 Å². The number of methoxy groups -OCH3 is 1. The van der Waals surface area contributed by atoms with Crippen LogP contribution in [-0.4, -0.2) is 81.3 Å². The van der Waals surface area contributed by atoms with E-state index in [1.807, 2.05) is 0 Å². The Morgan fingerprint density at radius 1 is 1.39 bits per heavy atom. The van der Waals surface area contributed by atoms with Gasteiger partial charge in [-0.05, 0) is 50.0 Å². The lowest BCUT2D eigenvalue weighted by Gasteiger charge is -2.60. The molecule has 6 N–H and O–H groups in total. The molecule has 1 aliphatic heterocycles. The van der Waals surface area contributed by atoms with E-state index >= 15 is 0 Å². The number of nitrogens with one attached hydrogen (secondary N) is 2. The lowest BCUT2D eigenvalue weighted by Crippen LogP contribution is -3.19. The van der Waals surface area contributed by atoms with Crippen LogP contribution < -0.4 is 21.1 Å². The van der Waals surface area contributed by atoms with Gasteiger partial charge in [0.15, 0.2) is 0 Å². The third-order valence-electron chi connectivity index (χ3n) is 9.57. The molecule has 2 bridgehead atoms. The van der Waals surface area contributed by atoms with Crippen molar-refractivity contribution in [1.82, 2.24) is 5.32 Å². The molecular weight excluding hydrogens is 424 g/mol. The number of allylic oxidation sites excluding steroid dienone is 1. The summed E-state index contributed by atoms with van der Waals surface area (Å²) in [5.74, 6) is 0.106. The second kappa shape index (κ2) is 8.92. The highest BCUT2D eigenvalue weighted by Crippen LogP contribution is 2.76. The first-order valence-corrected chi connectivity index (χ1v) is 12.3. The van der Waals surface area contributed by atoms with Gasteiger partial charge in [0, 0.05) is 43.5 Å². The smallest absolute Gasteiger partial charge is 0.293 e. The largest absolute Gasteiger partial charge is 0.545 e. The third kappa shape index (κ3) is 3.38. The summed E-state index contributed by atoms with van der Waals surface area (Å²) in [6.45, 7) is 5.14. The zero-order valence-corrected chi connectivity index (χ0v) is 20.2. The van der Waals surface area contributed by atoms with E-state index in [9.17, 15) is 20.1 Å². The van der Waals surface area contributed by atoms with Gasteiger partial charge in [-0.2, -0.15) is 0 Å². The summed E-state index contributed by atoms with van der Waals surface area (Å²) in [5.41, 5.74) is 5.04. The number of carbonyl (C=O) groups is 1. The van der Waals surface area contributed by atoms with Crippen molar-refractivity contribution in [3.05, 3.63) is 11.1 Å². The average Bonchev–Trinajstić information content (AvgIpc) is 3.12. The maximum Gasteiger partial charge on any atom is 0.293 e. The van der Waals surface area contributed by atoms with Crippen molar-refractivity contribution in [3.63, 3.8) is 0 Å². The number of aliphatic hydroxyl groups excluding tert-OH is 1. The van der Waals surface area contributed by atoms with Crippen molar-refractivity contribution < 1.29 is 29.8 Å². The Morgan fingerprint density at radius 3 is 2.79 bits per heavy atom. The molecule has 3 fully saturated rings. The number of carbonyl (C=O) groups excluding carboxylic acids is 1. The predicted octanol–water partition coefficient (Wildman–Crippen LogP) is -2.33. The van der Waals surface area contributed by atoms with Gasteiger partial charge in [0.05, 0.1) is 32.3 Å². The minimum absolute atomic E-state index is 0.0579. The number of aliphatic hydroxyl groups is 2. The Bertz CT molecular complexity index is 847. The second-order valence-corrected chi connectivity index (χ2v) is 10.7. The molecule has 4 aliphatic rings. The zero-order chi connectivity index (χ0) is 24.0. The molecule has 0 aromatic heterocycles. The topological polar surface area (TPSA) is 145 Å². The van der Waals surface area contributed by atoms with Crippen LogP contribution in [0.1, 0.15) is 39.0 Å². The highest BCUT2D eigenvalue weighted by Gasteiger charge is 2.75. The summed E-state index contributed by atoms with van der Waals surface area (Å²) in [6, 6.07) is 0. The van der Waals surface area contributed by atoms with Gasteiger partial charge < -0.3 is 35.9 Å². The van der Waals surface area contributed by atoms with Gasteiger partial charge in [0.2, 0.25) is 0 Å². The zero-order valence-electron chi connectivity index (χ0n) is 20.2. The molecule has 3 aliphatic carbocycles. The maximum absolute atomic E-state index is 12.4. The number of likely N-dealkylation sites (tertiary alicyclic amines) is 1. The summed E-state index contributed by atoms with van der Waals surface area (Å²) < 4.78 is 5.34. The van der Waals surface area contributed by atoms with Gasteiger partial charge in [-0.3, -0.25) is 4.90 Å². The van der Waals surface area contributed by atoms with Crippen LogP contribution in [0.2, 0.25) is 0 Å². The first-order valence-electron chi connectivity index (χ1n) is 12.3. The number of piperidine rings is 1. The summed E-state index contributed by atoms with van der Waals surface area (Å²) in [6.07, 6.45) is 3.97. The molecule has 0 aromatic carbocycles. The number of carboxylic acid groups (broad SMARTS) is 1. The van der Waals surface area contributed by atoms with Crippen molar-refractivity contribution in [3.8, 4) is 0 Å². The molecule has 2 spiro atoms. The third-order valence-corrected chi connectivity index (χ3v) is 9.57. The van der Waals surface area contributed by atoms with Crippen LogP contribution in [0.5, 0.6) is 0 Å². The number of hydrogen-bond donors (Lipinski definition) is 5. The number of ether oxygens (including phenoxy) is 1. The molecule has 9 nitrogen and oxygen atoms in total. The van der Waals surface area contributed by atoms with Gasteiger partial charge in [0.1, 0.15) is 5.60 Å². The van der Waals surface area contributed by atoms with Gasteiger partial charge in [0.25, 0.3) is 5.96 Å². The number of nitrogens with two attached hydrogens (primary N) is 1. The highest BCUT2D eigenvalue weighted by molar-refractivity contribution is 5.90. The van der Waals surface area contributed by atoms with E-state index in [4.69, 9.17) is 10.5 Å². The normalized spacial score (nSPS) is 42.8. The molecule has 1 heterocycles. The number of quaternary nitrogens is 1. The molecule has 0 radical (unpaired) electrons. The van der Waals surface area contributed by atoms with E-state index in [1.54, 1.807) is 7.05 Å². The van der Waals surface area contributed by atoms with Gasteiger partial charge in [-0.15, -0.1) is 0 Å². The highest BCUT2D eigenvalue weighted by atomic mass is 16.5. The van der Waals surface area contributed by atoms with Crippen LogP contribution in [0.25, 0.3) is 0 Å². The predicted molar refractivity (Wildman–Crippen MR) is 121 cm³/mol. The quantitative estimate of drug-likeness (QED) is 0.161. The number of nitrogens with zero attached hydrogens (tertiary/aromatic N) is 1. The molecule has 2 saturated carbocycles. The monoisotopic (exact) mass is 464 g/mol. The van der Waals surface area contributed by atoms with Crippen LogP contribution >= 0.6 is 0 Å². The standard InChI is InChI=1S/C24H40N4O5/c1-15-4-5-16-10-18-19(20(30)31)22(32,14-33-3)12-23(15,18)24(16)13-28(21(25)26-2)8-6-17(24)11-27-7-9-29/h15-17,27,29,32H,4-14H2,1-3H3,(H2,25,26)(H,30,31)/t15-,16-,17-,22+,23+,24-/m1/s1. The van der Waals surface area contributed by atoms with Gasteiger partial charge in [-0.25, -0.2) is 4.99 Å². The fourth-order valence-corrected chi connectivity index (χ4v) is 8.55.